The van der Waals surface area contributed by atoms with Gasteiger partial charge in [0.2, 0.25) is 5.60 Å². The minimum Gasteiger partial charge on any atom is -0.632 e. The smallest absolute Gasteiger partial charge is 0.344 e. The van der Waals surface area contributed by atoms with Gasteiger partial charge in [-0.05, 0) is 26.8 Å². The molecule has 1 fully saturated rings. The Morgan fingerprint density at radius 2 is 2.12 bits per heavy atom. The zero-order valence-electron chi connectivity index (χ0n) is 14.6. The number of fused-ring (bicyclic) bond motifs is 1. The molecular weight excluding hydrogens is 318 g/mol. The van der Waals surface area contributed by atoms with Crippen molar-refractivity contribution < 1.29 is 34.2 Å². The Hall–Kier alpha value is -1.03. The molecule has 2 aliphatic heterocycles. The maximum atomic E-state index is 12.5. The first-order valence-corrected chi connectivity index (χ1v) is 8.07. The number of esters is 1. The second-order valence-corrected chi connectivity index (χ2v) is 7.22. The van der Waals surface area contributed by atoms with E-state index in [1.165, 1.54) is 27.9 Å². The topological polar surface area (TPSA) is 119 Å². The minimum atomic E-state index is -2.27. The molecule has 2 rings (SSSR count). The van der Waals surface area contributed by atoms with Crippen LogP contribution in [0.25, 0.3) is 0 Å². The van der Waals surface area contributed by atoms with Gasteiger partial charge in [0, 0.05) is 19.1 Å². The fraction of sp³-hybridized carbons (Fsp3) is 0.812. The van der Waals surface area contributed by atoms with Gasteiger partial charge in [0.1, 0.15) is 24.4 Å². The Bertz CT molecular complexity index is 529. The molecule has 2 heterocycles. The summed E-state index contributed by atoms with van der Waals surface area (Å²) in [4.78, 5) is 12.4. The van der Waals surface area contributed by atoms with E-state index in [1.54, 1.807) is 6.08 Å². The van der Waals surface area contributed by atoms with Gasteiger partial charge in [0.15, 0.2) is 0 Å². The molecular formula is C16H27NO7. The molecule has 1 unspecified atom stereocenters. The number of quaternary nitrogens is 1. The predicted octanol–water partition coefficient (Wildman–Crippen LogP) is -0.546. The SMILES string of the molecule is CO[C@@H](C)[C@](O)(C(=O)OCC1=CC[N+]2([O-])CC[C@H](O)[C@@H]12)C(C)(C)O. The molecule has 0 aromatic heterocycles. The van der Waals surface area contributed by atoms with Crippen LogP contribution in [-0.4, -0.2) is 82.2 Å². The number of rotatable bonds is 6. The van der Waals surface area contributed by atoms with Gasteiger partial charge in [-0.15, -0.1) is 0 Å². The number of carbonyl (C=O) groups excluding carboxylic acids is 1. The van der Waals surface area contributed by atoms with Crippen LogP contribution in [0.15, 0.2) is 11.6 Å². The van der Waals surface area contributed by atoms with Crippen molar-refractivity contribution in [1.29, 1.82) is 0 Å². The third-order valence-electron chi connectivity index (χ3n) is 5.27. The van der Waals surface area contributed by atoms with Crippen LogP contribution in [0.5, 0.6) is 0 Å². The quantitative estimate of drug-likeness (QED) is 0.256. The van der Waals surface area contributed by atoms with E-state index in [9.17, 15) is 25.3 Å². The summed E-state index contributed by atoms with van der Waals surface area (Å²) in [6.45, 7) is 4.39. The van der Waals surface area contributed by atoms with Crippen LogP contribution in [0.1, 0.15) is 27.2 Å². The van der Waals surface area contributed by atoms with Gasteiger partial charge in [0.05, 0.1) is 19.2 Å². The van der Waals surface area contributed by atoms with Gasteiger partial charge in [0.25, 0.3) is 0 Å². The number of methoxy groups -OCH3 is 1. The molecule has 0 amide bonds. The largest absolute Gasteiger partial charge is 0.632 e. The van der Waals surface area contributed by atoms with Crippen molar-refractivity contribution in [1.82, 2.24) is 0 Å². The number of nitrogens with zero attached hydrogens (tertiary/aromatic N) is 1. The van der Waals surface area contributed by atoms with Crippen molar-refractivity contribution in [3.63, 3.8) is 0 Å². The molecule has 0 saturated carbocycles. The van der Waals surface area contributed by atoms with E-state index >= 15 is 0 Å². The molecule has 3 N–H and O–H groups in total. The van der Waals surface area contributed by atoms with Gasteiger partial charge in [-0.25, -0.2) is 4.79 Å². The molecule has 0 spiro atoms. The molecule has 8 nitrogen and oxygen atoms in total. The van der Waals surface area contributed by atoms with E-state index in [4.69, 9.17) is 9.47 Å². The van der Waals surface area contributed by atoms with E-state index in [1.807, 2.05) is 0 Å². The van der Waals surface area contributed by atoms with E-state index in [0.29, 0.717) is 18.5 Å². The summed E-state index contributed by atoms with van der Waals surface area (Å²) in [6, 6.07) is -0.632. The monoisotopic (exact) mass is 345 g/mol. The maximum absolute atomic E-state index is 12.5. The summed E-state index contributed by atoms with van der Waals surface area (Å²) >= 11 is 0. The highest BCUT2D eigenvalue weighted by atomic mass is 16.6. The standard InChI is InChI=1S/C16H27NO7/c1-10(23-4)16(21,15(2,3)20)14(19)24-9-11-5-7-17(22)8-6-12(18)13(11)17/h5,10,12-13,18,20-21H,6-9H2,1-4H3/t10-,12-,13+,16-,17?/m0/s1. The summed E-state index contributed by atoms with van der Waals surface area (Å²) in [5, 5.41) is 43.4. The Morgan fingerprint density at radius 3 is 2.67 bits per heavy atom. The molecule has 0 aromatic rings. The number of ether oxygens (including phenoxy) is 2. The first-order valence-electron chi connectivity index (χ1n) is 8.07. The van der Waals surface area contributed by atoms with Crippen molar-refractivity contribution in [2.75, 3.05) is 26.8 Å². The Morgan fingerprint density at radius 1 is 1.50 bits per heavy atom. The fourth-order valence-electron chi connectivity index (χ4n) is 3.59. The third kappa shape index (κ3) is 2.98. The number of carbonyl (C=O) groups is 1. The average Bonchev–Trinajstić information content (AvgIpc) is 2.98. The first kappa shape index (κ1) is 19.3. The second kappa shape index (κ2) is 6.36. The molecule has 24 heavy (non-hydrogen) atoms. The summed E-state index contributed by atoms with van der Waals surface area (Å²) < 4.78 is 9.67. The van der Waals surface area contributed by atoms with Crippen LogP contribution in [0, 0.1) is 5.21 Å². The zero-order chi connectivity index (χ0) is 18.3. The normalized spacial score (nSPS) is 33.6. The van der Waals surface area contributed by atoms with E-state index < -0.39 is 40.1 Å². The Balaban J connectivity index is 2.10. The van der Waals surface area contributed by atoms with Crippen molar-refractivity contribution in [2.45, 2.75) is 56.6 Å². The van der Waals surface area contributed by atoms with E-state index in [0.717, 1.165) is 0 Å². The van der Waals surface area contributed by atoms with Crippen LogP contribution in [0.3, 0.4) is 0 Å². The molecule has 138 valence electrons. The van der Waals surface area contributed by atoms with Gasteiger partial charge in [-0.3, -0.25) is 0 Å². The lowest BCUT2D eigenvalue weighted by atomic mass is 9.81. The molecule has 2 aliphatic rings. The van der Waals surface area contributed by atoms with Gasteiger partial charge in [-0.2, -0.15) is 0 Å². The van der Waals surface area contributed by atoms with Crippen molar-refractivity contribution in [3.8, 4) is 0 Å². The molecule has 0 aromatic carbocycles. The molecule has 0 bridgehead atoms. The Kier molecular flexibility index (Phi) is 5.11. The predicted molar refractivity (Wildman–Crippen MR) is 84.5 cm³/mol. The van der Waals surface area contributed by atoms with Gasteiger partial charge >= 0.3 is 5.97 Å². The summed E-state index contributed by atoms with van der Waals surface area (Å²) in [7, 11) is 1.31. The lowest BCUT2D eigenvalue weighted by molar-refractivity contribution is -0.877. The summed E-state index contributed by atoms with van der Waals surface area (Å²) in [5.74, 6) is -1.03. The average molecular weight is 345 g/mol. The molecule has 8 heteroatoms. The zero-order valence-corrected chi connectivity index (χ0v) is 14.6. The number of hydrogen-bond acceptors (Lipinski definition) is 7. The van der Waals surface area contributed by atoms with Gasteiger partial charge < -0.3 is 34.6 Å². The van der Waals surface area contributed by atoms with E-state index in [2.05, 4.69) is 0 Å². The highest BCUT2D eigenvalue weighted by molar-refractivity contribution is 5.82. The number of aliphatic hydroxyl groups is 3. The van der Waals surface area contributed by atoms with Crippen LogP contribution in [-0.2, 0) is 14.3 Å². The summed E-state index contributed by atoms with van der Waals surface area (Å²) in [5.41, 5.74) is -3.51. The second-order valence-electron chi connectivity index (χ2n) is 7.22. The van der Waals surface area contributed by atoms with E-state index in [-0.39, 0.29) is 13.2 Å². The lowest BCUT2D eigenvalue weighted by Gasteiger charge is -2.41. The van der Waals surface area contributed by atoms with Crippen LogP contribution < -0.4 is 0 Å². The van der Waals surface area contributed by atoms with Crippen LogP contribution in [0.4, 0.5) is 0 Å². The lowest BCUT2D eigenvalue weighted by Crippen LogP contribution is -2.63. The number of hydrogen-bond donors (Lipinski definition) is 3. The molecule has 0 radical (unpaired) electrons. The molecule has 5 atom stereocenters. The third-order valence-corrected chi connectivity index (χ3v) is 5.27. The van der Waals surface area contributed by atoms with Crippen molar-refractivity contribution in [2.24, 2.45) is 0 Å². The first-order chi connectivity index (χ1) is 11.0. The number of hydroxylamine groups is 3. The van der Waals surface area contributed by atoms with Crippen LogP contribution in [0.2, 0.25) is 0 Å². The highest BCUT2D eigenvalue weighted by Crippen LogP contribution is 2.36. The van der Waals surface area contributed by atoms with Gasteiger partial charge in [-0.1, -0.05) is 0 Å². The van der Waals surface area contributed by atoms with Crippen LogP contribution >= 0.6 is 0 Å². The van der Waals surface area contributed by atoms with Crippen molar-refractivity contribution >= 4 is 5.97 Å². The highest BCUT2D eigenvalue weighted by Gasteiger charge is 2.55. The Labute approximate surface area is 141 Å². The van der Waals surface area contributed by atoms with Crippen molar-refractivity contribution in [3.05, 3.63) is 16.9 Å². The molecule has 0 aliphatic carbocycles. The maximum Gasteiger partial charge on any atom is 0.344 e. The molecule has 1 saturated heterocycles. The minimum absolute atomic E-state index is 0.211. The summed E-state index contributed by atoms with van der Waals surface area (Å²) in [6.07, 6.45) is 0.319. The number of aliphatic hydroxyl groups excluding tert-OH is 1. The fourth-order valence-corrected chi connectivity index (χ4v) is 3.59.